The zero-order chi connectivity index (χ0) is 24.1. The lowest BCUT2D eigenvalue weighted by Crippen LogP contribution is -2.44. The van der Waals surface area contributed by atoms with Gasteiger partial charge in [0, 0.05) is 13.0 Å². The number of piperidine rings is 1. The van der Waals surface area contributed by atoms with Crippen LogP contribution in [0, 0.1) is 12.8 Å². The predicted octanol–water partition coefficient (Wildman–Crippen LogP) is 3.96. The molecule has 34 heavy (non-hydrogen) atoms. The van der Waals surface area contributed by atoms with Gasteiger partial charge in [0.25, 0.3) is 5.91 Å². The highest BCUT2D eigenvalue weighted by molar-refractivity contribution is 6.03. The summed E-state index contributed by atoms with van der Waals surface area (Å²) in [6, 6.07) is 15.8. The van der Waals surface area contributed by atoms with E-state index in [2.05, 4.69) is 24.0 Å². The van der Waals surface area contributed by atoms with Crippen molar-refractivity contribution in [2.24, 2.45) is 11.0 Å². The minimum absolute atomic E-state index is 0.0544. The molecule has 0 bridgehead atoms. The van der Waals surface area contributed by atoms with E-state index in [1.165, 1.54) is 0 Å². The van der Waals surface area contributed by atoms with Crippen LogP contribution in [-0.2, 0) is 14.3 Å². The van der Waals surface area contributed by atoms with Crippen LogP contribution in [0.5, 0.6) is 5.75 Å². The van der Waals surface area contributed by atoms with Crippen molar-refractivity contribution < 1.29 is 19.1 Å². The first-order valence-electron chi connectivity index (χ1n) is 12.0. The maximum absolute atomic E-state index is 13.5. The molecule has 0 radical (unpaired) electrons. The van der Waals surface area contributed by atoms with E-state index in [1.807, 2.05) is 43.3 Å². The number of esters is 1. The Bertz CT molecular complexity index is 1050. The van der Waals surface area contributed by atoms with Gasteiger partial charge in [-0.15, -0.1) is 0 Å². The van der Waals surface area contributed by atoms with Gasteiger partial charge in [0.05, 0.1) is 37.9 Å². The quantitative estimate of drug-likeness (QED) is 0.582. The molecule has 2 aromatic carbocycles. The number of hydrazone groups is 1. The Labute approximate surface area is 201 Å². The molecule has 7 heteroatoms. The molecule has 2 unspecified atom stereocenters. The summed E-state index contributed by atoms with van der Waals surface area (Å²) >= 11 is 0. The molecule has 180 valence electrons. The van der Waals surface area contributed by atoms with Crippen LogP contribution in [0.3, 0.4) is 0 Å². The van der Waals surface area contributed by atoms with E-state index in [-0.39, 0.29) is 30.4 Å². The Morgan fingerprint density at radius 3 is 2.59 bits per heavy atom. The molecule has 0 aromatic heterocycles. The summed E-state index contributed by atoms with van der Waals surface area (Å²) in [5.41, 5.74) is 4.10. The van der Waals surface area contributed by atoms with E-state index in [9.17, 15) is 9.59 Å². The van der Waals surface area contributed by atoms with Crippen molar-refractivity contribution in [1.29, 1.82) is 0 Å². The first-order valence-corrected chi connectivity index (χ1v) is 12.0. The standard InChI is InChI=1S/C27H33N3O4/c1-4-34-27(32)21-9-7-15-29(17-21)18-26(31)30-25(23-10-6-5-8-19(23)2)16-24(28-30)20-11-13-22(33-3)14-12-20/h5-6,8,10-14,21,25H,4,7,9,15-18H2,1-3H3. The van der Waals surface area contributed by atoms with Crippen LogP contribution in [0.25, 0.3) is 0 Å². The van der Waals surface area contributed by atoms with Crippen molar-refractivity contribution in [3.63, 3.8) is 0 Å². The van der Waals surface area contributed by atoms with Gasteiger partial charge < -0.3 is 9.47 Å². The molecule has 0 spiro atoms. The summed E-state index contributed by atoms with van der Waals surface area (Å²) in [7, 11) is 1.64. The van der Waals surface area contributed by atoms with Gasteiger partial charge in [-0.25, -0.2) is 5.01 Å². The number of likely N-dealkylation sites (tertiary alicyclic amines) is 1. The summed E-state index contributed by atoms with van der Waals surface area (Å²) in [6.45, 7) is 5.83. The van der Waals surface area contributed by atoms with Crippen molar-refractivity contribution in [3.8, 4) is 5.75 Å². The average molecular weight is 464 g/mol. The van der Waals surface area contributed by atoms with Crippen LogP contribution in [0.4, 0.5) is 0 Å². The molecule has 2 atom stereocenters. The molecule has 0 saturated carbocycles. The Kier molecular flexibility index (Phi) is 7.63. The van der Waals surface area contributed by atoms with Crippen LogP contribution in [-0.4, -0.2) is 60.8 Å². The zero-order valence-corrected chi connectivity index (χ0v) is 20.2. The summed E-state index contributed by atoms with van der Waals surface area (Å²) < 4.78 is 10.5. The van der Waals surface area contributed by atoms with Crippen molar-refractivity contribution in [2.75, 3.05) is 33.4 Å². The molecule has 2 heterocycles. The fraction of sp³-hybridized carbons (Fsp3) is 0.444. The maximum Gasteiger partial charge on any atom is 0.310 e. The van der Waals surface area contributed by atoms with Gasteiger partial charge in [0.1, 0.15) is 5.75 Å². The molecular weight excluding hydrogens is 430 g/mol. The molecule has 2 aromatic rings. The Balaban J connectivity index is 1.55. The molecule has 1 amide bonds. The SMILES string of the molecule is CCOC(=O)C1CCCN(CC(=O)N2N=C(c3ccc(OC)cc3)CC2c2ccccc2C)C1. The average Bonchev–Trinajstić information content (AvgIpc) is 3.30. The largest absolute Gasteiger partial charge is 0.497 e. The molecule has 0 aliphatic carbocycles. The molecule has 1 fully saturated rings. The summed E-state index contributed by atoms with van der Waals surface area (Å²) in [6.07, 6.45) is 2.32. The number of methoxy groups -OCH3 is 1. The number of nitrogens with zero attached hydrogens (tertiary/aromatic N) is 3. The van der Waals surface area contributed by atoms with Crippen molar-refractivity contribution in [3.05, 3.63) is 65.2 Å². The fourth-order valence-corrected chi connectivity index (χ4v) is 4.82. The smallest absolute Gasteiger partial charge is 0.310 e. The minimum Gasteiger partial charge on any atom is -0.497 e. The van der Waals surface area contributed by atoms with E-state index < -0.39 is 0 Å². The minimum atomic E-state index is -0.175. The highest BCUT2D eigenvalue weighted by Gasteiger charge is 2.35. The van der Waals surface area contributed by atoms with Gasteiger partial charge >= 0.3 is 5.97 Å². The van der Waals surface area contributed by atoms with E-state index in [4.69, 9.17) is 14.6 Å². The number of carbonyl (C=O) groups is 2. The van der Waals surface area contributed by atoms with Crippen LogP contribution in [0.1, 0.15) is 48.9 Å². The van der Waals surface area contributed by atoms with Crippen LogP contribution < -0.4 is 4.74 Å². The highest BCUT2D eigenvalue weighted by atomic mass is 16.5. The second kappa shape index (κ2) is 10.8. The molecule has 4 rings (SSSR count). The van der Waals surface area contributed by atoms with Gasteiger partial charge in [-0.2, -0.15) is 5.10 Å². The third-order valence-electron chi connectivity index (χ3n) is 6.62. The van der Waals surface area contributed by atoms with E-state index in [0.29, 0.717) is 19.6 Å². The van der Waals surface area contributed by atoms with Gasteiger partial charge in [-0.1, -0.05) is 24.3 Å². The summed E-state index contributed by atoms with van der Waals surface area (Å²) in [4.78, 5) is 27.8. The lowest BCUT2D eigenvalue weighted by atomic mass is 9.95. The fourth-order valence-electron chi connectivity index (χ4n) is 4.82. The number of benzene rings is 2. The second-order valence-electron chi connectivity index (χ2n) is 8.92. The topological polar surface area (TPSA) is 71.4 Å². The summed E-state index contributed by atoms with van der Waals surface area (Å²) in [5, 5.41) is 6.45. The van der Waals surface area contributed by atoms with Crippen molar-refractivity contribution in [2.45, 2.75) is 39.2 Å². The van der Waals surface area contributed by atoms with Crippen LogP contribution in [0.2, 0.25) is 0 Å². The number of hydrogen-bond acceptors (Lipinski definition) is 6. The number of hydrogen-bond donors (Lipinski definition) is 0. The van der Waals surface area contributed by atoms with E-state index in [0.717, 1.165) is 47.5 Å². The van der Waals surface area contributed by atoms with E-state index >= 15 is 0 Å². The predicted molar refractivity (Wildman–Crippen MR) is 131 cm³/mol. The van der Waals surface area contributed by atoms with Gasteiger partial charge in [0.2, 0.25) is 0 Å². The monoisotopic (exact) mass is 463 g/mol. The third kappa shape index (κ3) is 5.30. The van der Waals surface area contributed by atoms with Gasteiger partial charge in [-0.05, 0) is 74.2 Å². The Hall–Kier alpha value is -3.19. The van der Waals surface area contributed by atoms with Gasteiger partial charge in [-0.3, -0.25) is 14.5 Å². The molecule has 2 aliphatic heterocycles. The zero-order valence-electron chi connectivity index (χ0n) is 20.2. The highest BCUT2D eigenvalue weighted by Crippen LogP contribution is 2.35. The van der Waals surface area contributed by atoms with Crippen LogP contribution >= 0.6 is 0 Å². The summed E-state index contributed by atoms with van der Waals surface area (Å²) in [5.74, 6) is 0.386. The molecule has 7 nitrogen and oxygen atoms in total. The normalized spacial score (nSPS) is 20.7. The maximum atomic E-state index is 13.5. The Morgan fingerprint density at radius 2 is 1.88 bits per heavy atom. The number of amides is 1. The third-order valence-corrected chi connectivity index (χ3v) is 6.62. The van der Waals surface area contributed by atoms with Crippen molar-refractivity contribution >= 4 is 17.6 Å². The molecule has 0 N–H and O–H groups in total. The van der Waals surface area contributed by atoms with Gasteiger partial charge in [0.15, 0.2) is 0 Å². The lowest BCUT2D eigenvalue weighted by Gasteiger charge is -2.32. The first kappa shape index (κ1) is 24.0. The first-order chi connectivity index (χ1) is 16.5. The Morgan fingerprint density at radius 1 is 1.12 bits per heavy atom. The number of ether oxygens (including phenoxy) is 2. The van der Waals surface area contributed by atoms with Crippen molar-refractivity contribution in [1.82, 2.24) is 9.91 Å². The number of rotatable bonds is 7. The lowest BCUT2D eigenvalue weighted by molar-refractivity contribution is -0.150. The van der Waals surface area contributed by atoms with Crippen LogP contribution in [0.15, 0.2) is 53.6 Å². The van der Waals surface area contributed by atoms with E-state index in [1.54, 1.807) is 12.1 Å². The number of aryl methyl sites for hydroxylation is 1. The number of carbonyl (C=O) groups excluding carboxylic acids is 2. The second-order valence-corrected chi connectivity index (χ2v) is 8.92. The molecule has 1 saturated heterocycles. The molecule has 2 aliphatic rings. The molecular formula is C27H33N3O4.